The van der Waals surface area contributed by atoms with E-state index in [-0.39, 0.29) is 0 Å². The van der Waals surface area contributed by atoms with Crippen LogP contribution in [0, 0.1) is 0 Å². The van der Waals surface area contributed by atoms with Crippen LogP contribution in [0.25, 0.3) is 0 Å². The number of hydrogen-bond acceptors (Lipinski definition) is 2. The Kier molecular flexibility index (Phi) is 4.90. The van der Waals surface area contributed by atoms with Crippen molar-refractivity contribution in [1.29, 1.82) is 0 Å². The molecule has 0 rings (SSSR count). The first-order chi connectivity index (χ1) is 5.13. The molecule has 0 saturated carbocycles. The average Bonchev–Trinajstić information content (AvgIpc) is 1.85. The zero-order valence-corrected chi connectivity index (χ0v) is 6.63. The lowest BCUT2D eigenvalue weighted by atomic mass is 10.2. The van der Waals surface area contributed by atoms with Gasteiger partial charge in [0.2, 0.25) is 0 Å². The summed E-state index contributed by atoms with van der Waals surface area (Å²) in [7, 11) is 0. The summed E-state index contributed by atoms with van der Waals surface area (Å²) >= 11 is 0. The minimum Gasteiger partial charge on any atom is -0.478 e. The predicted octanol–water partition coefficient (Wildman–Crippen LogP) is 1.14. The zero-order valence-electron chi connectivity index (χ0n) is 6.63. The molecule has 3 heteroatoms. The molecule has 0 saturated heterocycles. The summed E-state index contributed by atoms with van der Waals surface area (Å²) in [6, 6.07) is 0. The van der Waals surface area contributed by atoms with Gasteiger partial charge in [-0.15, -0.1) is 6.58 Å². The van der Waals surface area contributed by atoms with E-state index in [2.05, 4.69) is 11.9 Å². The molecule has 0 aromatic carbocycles. The molecular formula is C8H13NO2. The average molecular weight is 155 g/mol. The van der Waals surface area contributed by atoms with E-state index in [1.807, 2.05) is 6.92 Å². The van der Waals surface area contributed by atoms with Crippen molar-refractivity contribution in [2.24, 2.45) is 0 Å². The van der Waals surface area contributed by atoms with Crippen LogP contribution in [0.1, 0.15) is 13.3 Å². The van der Waals surface area contributed by atoms with E-state index in [1.165, 1.54) is 6.20 Å². The number of aliphatic carboxylic acids is 1. The van der Waals surface area contributed by atoms with Gasteiger partial charge in [0.25, 0.3) is 0 Å². The minimum absolute atomic E-state index is 0.735. The van der Waals surface area contributed by atoms with Crippen LogP contribution in [0.5, 0.6) is 0 Å². The summed E-state index contributed by atoms with van der Waals surface area (Å²) in [6.45, 7) is 6.38. The molecule has 0 bridgehead atoms. The van der Waals surface area contributed by atoms with Crippen molar-refractivity contribution in [3.8, 4) is 0 Å². The number of carboxylic acids is 1. The third-order valence-electron chi connectivity index (χ3n) is 1.04. The molecule has 0 unspecified atom stereocenters. The molecule has 2 N–H and O–H groups in total. The smallest absolute Gasteiger partial charge is 0.329 e. The lowest BCUT2D eigenvalue weighted by Crippen LogP contribution is -2.07. The molecule has 0 heterocycles. The van der Waals surface area contributed by atoms with Crippen LogP contribution in [-0.4, -0.2) is 17.6 Å². The van der Waals surface area contributed by atoms with E-state index in [9.17, 15) is 4.79 Å². The molecule has 62 valence electrons. The fourth-order valence-corrected chi connectivity index (χ4v) is 0.499. The van der Waals surface area contributed by atoms with Crippen molar-refractivity contribution < 1.29 is 9.90 Å². The molecule has 0 amide bonds. The Bertz CT molecular complexity index is 173. The van der Waals surface area contributed by atoms with Crippen molar-refractivity contribution in [3.63, 3.8) is 0 Å². The summed E-state index contributed by atoms with van der Waals surface area (Å²) < 4.78 is 0. The van der Waals surface area contributed by atoms with E-state index in [0.717, 1.165) is 24.6 Å². The van der Waals surface area contributed by atoms with Crippen LogP contribution in [0.3, 0.4) is 0 Å². The number of rotatable bonds is 5. The van der Waals surface area contributed by atoms with Crippen molar-refractivity contribution in [3.05, 3.63) is 24.4 Å². The fourth-order valence-electron chi connectivity index (χ4n) is 0.499. The number of carboxylic acid groups (broad SMARTS) is 1. The SMILES string of the molecule is C=C(C)CCN/C=C/C(=O)O. The Morgan fingerprint density at radius 3 is 2.82 bits per heavy atom. The van der Waals surface area contributed by atoms with Gasteiger partial charge in [-0.25, -0.2) is 4.79 Å². The van der Waals surface area contributed by atoms with Crippen LogP contribution in [0.15, 0.2) is 24.4 Å². The van der Waals surface area contributed by atoms with Gasteiger partial charge >= 0.3 is 5.97 Å². The molecule has 0 spiro atoms. The maximum Gasteiger partial charge on any atom is 0.329 e. The lowest BCUT2D eigenvalue weighted by Gasteiger charge is -1.97. The summed E-state index contributed by atoms with van der Waals surface area (Å²) in [5.41, 5.74) is 1.08. The molecule has 0 aliphatic rings. The van der Waals surface area contributed by atoms with Gasteiger partial charge in [0.1, 0.15) is 0 Å². The van der Waals surface area contributed by atoms with Crippen molar-refractivity contribution >= 4 is 5.97 Å². The minimum atomic E-state index is -0.937. The second-order valence-corrected chi connectivity index (χ2v) is 2.33. The van der Waals surface area contributed by atoms with Gasteiger partial charge in [-0.05, 0) is 13.3 Å². The second-order valence-electron chi connectivity index (χ2n) is 2.33. The normalized spacial score (nSPS) is 9.91. The largest absolute Gasteiger partial charge is 0.478 e. The number of nitrogens with one attached hydrogen (secondary N) is 1. The summed E-state index contributed by atoms with van der Waals surface area (Å²) in [5, 5.41) is 11.0. The van der Waals surface area contributed by atoms with Crippen molar-refractivity contribution in [2.45, 2.75) is 13.3 Å². The first-order valence-corrected chi connectivity index (χ1v) is 3.40. The highest BCUT2D eigenvalue weighted by molar-refractivity contribution is 5.79. The molecule has 3 nitrogen and oxygen atoms in total. The first kappa shape index (κ1) is 9.75. The second kappa shape index (κ2) is 5.53. The highest BCUT2D eigenvalue weighted by Crippen LogP contribution is 1.91. The molecule has 0 aliphatic carbocycles. The standard InChI is InChI=1S/C8H13NO2/c1-7(2)3-5-9-6-4-8(10)11/h4,6,9H,1,3,5H2,2H3,(H,10,11)/b6-4+. The fraction of sp³-hybridized carbons (Fsp3) is 0.375. The summed E-state index contributed by atoms with van der Waals surface area (Å²) in [6.07, 6.45) is 3.35. The van der Waals surface area contributed by atoms with E-state index in [4.69, 9.17) is 5.11 Å². The van der Waals surface area contributed by atoms with Crippen molar-refractivity contribution in [1.82, 2.24) is 5.32 Å². The third kappa shape index (κ3) is 8.75. The Labute approximate surface area is 66.4 Å². The monoisotopic (exact) mass is 155 g/mol. The predicted molar refractivity (Wildman–Crippen MR) is 44.2 cm³/mol. The highest BCUT2D eigenvalue weighted by Gasteiger charge is 1.85. The van der Waals surface area contributed by atoms with Gasteiger partial charge in [0.15, 0.2) is 0 Å². The van der Waals surface area contributed by atoms with Crippen LogP contribution in [0.4, 0.5) is 0 Å². The maximum atomic E-state index is 9.95. The van der Waals surface area contributed by atoms with Crippen molar-refractivity contribution in [2.75, 3.05) is 6.54 Å². The van der Waals surface area contributed by atoms with Gasteiger partial charge in [-0.2, -0.15) is 0 Å². The molecule has 0 aliphatic heterocycles. The first-order valence-electron chi connectivity index (χ1n) is 3.40. The zero-order chi connectivity index (χ0) is 8.69. The van der Waals surface area contributed by atoms with E-state index >= 15 is 0 Å². The van der Waals surface area contributed by atoms with Gasteiger partial charge in [0, 0.05) is 18.8 Å². The molecule has 0 aromatic heterocycles. The summed E-state index contributed by atoms with van der Waals surface area (Å²) in [4.78, 5) is 9.95. The molecule has 0 aromatic rings. The Balaban J connectivity index is 3.27. The van der Waals surface area contributed by atoms with Crippen LogP contribution in [0.2, 0.25) is 0 Å². The Morgan fingerprint density at radius 1 is 1.73 bits per heavy atom. The lowest BCUT2D eigenvalue weighted by molar-refractivity contribution is -0.131. The number of carbonyl (C=O) groups is 1. The van der Waals surface area contributed by atoms with Gasteiger partial charge in [-0.3, -0.25) is 0 Å². The number of hydrogen-bond donors (Lipinski definition) is 2. The quantitative estimate of drug-likeness (QED) is 0.355. The van der Waals surface area contributed by atoms with E-state index < -0.39 is 5.97 Å². The van der Waals surface area contributed by atoms with E-state index in [1.54, 1.807) is 0 Å². The van der Waals surface area contributed by atoms with E-state index in [0.29, 0.717) is 0 Å². The highest BCUT2D eigenvalue weighted by atomic mass is 16.4. The molecular weight excluding hydrogens is 142 g/mol. The maximum absolute atomic E-state index is 9.95. The third-order valence-corrected chi connectivity index (χ3v) is 1.04. The molecule has 11 heavy (non-hydrogen) atoms. The Morgan fingerprint density at radius 2 is 2.36 bits per heavy atom. The molecule has 0 atom stereocenters. The van der Waals surface area contributed by atoms with Crippen LogP contribution in [-0.2, 0) is 4.79 Å². The Hall–Kier alpha value is -1.25. The molecule has 0 fully saturated rings. The van der Waals surface area contributed by atoms with Crippen LogP contribution < -0.4 is 5.32 Å². The van der Waals surface area contributed by atoms with Gasteiger partial charge in [-0.1, -0.05) is 5.57 Å². The molecule has 0 radical (unpaired) electrons. The van der Waals surface area contributed by atoms with Gasteiger partial charge < -0.3 is 10.4 Å². The topological polar surface area (TPSA) is 49.3 Å². The summed E-state index contributed by atoms with van der Waals surface area (Å²) in [5.74, 6) is -0.937. The van der Waals surface area contributed by atoms with Crippen LogP contribution >= 0.6 is 0 Å². The van der Waals surface area contributed by atoms with Gasteiger partial charge in [0.05, 0.1) is 0 Å².